The summed E-state index contributed by atoms with van der Waals surface area (Å²) in [5, 5.41) is 2.89. The highest BCUT2D eigenvalue weighted by molar-refractivity contribution is 7.90. The predicted octanol–water partition coefficient (Wildman–Crippen LogP) is 5.66. The lowest BCUT2D eigenvalue weighted by Crippen LogP contribution is -2.34. The van der Waals surface area contributed by atoms with Crippen molar-refractivity contribution in [3.8, 4) is 0 Å². The van der Waals surface area contributed by atoms with Crippen molar-refractivity contribution < 1.29 is 31.2 Å². The standard InChI is InChI=1S/C27H29ClF3N5O4S/c1-14-5-8-20(19(28)11-14)33-24-18(26(37)34-40-27(2,3)4)13-16(21(29)23(24)31)12-15-9-10-32-25(22(15)30)36-41(38,39)35-17-6-7-17/h5,8-11,13,17,33,35H,6-7,12H2,1-4H3,(H,32,36)(H,34,37). The summed E-state index contributed by atoms with van der Waals surface area (Å²) in [5.74, 6) is -5.35. The molecule has 1 saturated carbocycles. The van der Waals surface area contributed by atoms with Crippen LogP contribution in [0.1, 0.15) is 60.7 Å². The van der Waals surface area contributed by atoms with Gasteiger partial charge in [0.1, 0.15) is 0 Å². The molecule has 1 heterocycles. The largest absolute Gasteiger partial charge is 0.351 e. The highest BCUT2D eigenvalue weighted by Crippen LogP contribution is 2.34. The molecular weight excluding hydrogens is 583 g/mol. The van der Waals surface area contributed by atoms with Gasteiger partial charge < -0.3 is 5.32 Å². The molecule has 14 heteroatoms. The molecule has 1 amide bonds. The summed E-state index contributed by atoms with van der Waals surface area (Å²) in [6.07, 6.45) is 1.92. The van der Waals surface area contributed by atoms with Crippen molar-refractivity contribution in [1.82, 2.24) is 15.2 Å². The third-order valence-electron chi connectivity index (χ3n) is 5.84. The second-order valence-corrected chi connectivity index (χ2v) is 12.5. The molecule has 4 N–H and O–H groups in total. The van der Waals surface area contributed by atoms with Crippen molar-refractivity contribution >= 4 is 44.9 Å². The molecule has 41 heavy (non-hydrogen) atoms. The molecule has 1 fully saturated rings. The van der Waals surface area contributed by atoms with Crippen molar-refractivity contribution in [2.75, 3.05) is 10.0 Å². The minimum Gasteiger partial charge on any atom is -0.351 e. The third kappa shape index (κ3) is 7.88. The number of carbonyl (C=O) groups is 1. The Bertz CT molecular complexity index is 1590. The normalized spacial score (nSPS) is 13.7. The number of benzene rings is 2. The van der Waals surface area contributed by atoms with Gasteiger partial charge in [0.25, 0.3) is 5.91 Å². The van der Waals surface area contributed by atoms with Gasteiger partial charge in [-0.25, -0.2) is 23.6 Å². The molecule has 0 saturated heterocycles. The van der Waals surface area contributed by atoms with E-state index in [1.165, 1.54) is 6.07 Å². The van der Waals surface area contributed by atoms with E-state index in [1.807, 2.05) is 4.72 Å². The lowest BCUT2D eigenvalue weighted by molar-refractivity contribution is -0.0589. The molecule has 0 radical (unpaired) electrons. The SMILES string of the molecule is Cc1ccc(Nc2c(C(=O)NOC(C)(C)C)cc(Cc3ccnc(NS(=O)(=O)NC4CC4)c3F)c(F)c2F)c(Cl)c1. The predicted molar refractivity (Wildman–Crippen MR) is 150 cm³/mol. The zero-order valence-corrected chi connectivity index (χ0v) is 24.2. The highest BCUT2D eigenvalue weighted by Gasteiger charge is 2.29. The van der Waals surface area contributed by atoms with Crippen LogP contribution in [0, 0.1) is 24.4 Å². The molecule has 9 nitrogen and oxygen atoms in total. The Kier molecular flexibility index (Phi) is 8.83. The van der Waals surface area contributed by atoms with Crippen LogP contribution < -0.4 is 20.2 Å². The van der Waals surface area contributed by atoms with E-state index in [0.29, 0.717) is 12.8 Å². The highest BCUT2D eigenvalue weighted by atomic mass is 35.5. The molecule has 1 aliphatic rings. The van der Waals surface area contributed by atoms with Gasteiger partial charge in [0, 0.05) is 18.7 Å². The average molecular weight is 612 g/mol. The summed E-state index contributed by atoms with van der Waals surface area (Å²) in [5.41, 5.74) is 1.03. The number of hydrogen-bond donors (Lipinski definition) is 4. The summed E-state index contributed by atoms with van der Waals surface area (Å²) in [4.78, 5) is 22.2. The zero-order valence-electron chi connectivity index (χ0n) is 22.7. The minimum atomic E-state index is -4.10. The van der Waals surface area contributed by atoms with Crippen LogP contribution in [-0.2, 0) is 21.5 Å². The molecule has 2 aromatic carbocycles. The number of rotatable bonds is 10. The topological polar surface area (TPSA) is 121 Å². The fraction of sp³-hybridized carbons (Fsp3) is 0.333. The van der Waals surface area contributed by atoms with Gasteiger partial charge in [0.15, 0.2) is 23.3 Å². The van der Waals surface area contributed by atoms with Crippen LogP contribution >= 0.6 is 11.6 Å². The van der Waals surface area contributed by atoms with Crippen LogP contribution in [0.15, 0.2) is 36.5 Å². The minimum absolute atomic E-state index is 0.193. The van der Waals surface area contributed by atoms with Crippen molar-refractivity contribution in [2.24, 2.45) is 0 Å². The molecule has 0 spiro atoms. The first kappa shape index (κ1) is 30.6. The maximum Gasteiger partial charge on any atom is 0.300 e. The van der Waals surface area contributed by atoms with Crippen molar-refractivity contribution in [1.29, 1.82) is 0 Å². The maximum atomic E-state index is 15.6. The van der Waals surface area contributed by atoms with Gasteiger partial charge in [-0.1, -0.05) is 17.7 Å². The van der Waals surface area contributed by atoms with Crippen molar-refractivity contribution in [3.05, 3.63) is 81.3 Å². The second-order valence-electron chi connectivity index (χ2n) is 10.6. The van der Waals surface area contributed by atoms with Crippen LogP contribution in [0.2, 0.25) is 5.02 Å². The first-order valence-electron chi connectivity index (χ1n) is 12.6. The van der Waals surface area contributed by atoms with E-state index >= 15 is 13.2 Å². The fourth-order valence-electron chi connectivity index (χ4n) is 3.69. The summed E-state index contributed by atoms with van der Waals surface area (Å²) in [6, 6.07) is 6.86. The Balaban J connectivity index is 1.71. The van der Waals surface area contributed by atoms with E-state index < -0.39 is 57.1 Å². The molecule has 0 unspecified atom stereocenters. The van der Waals surface area contributed by atoms with Gasteiger partial charge >= 0.3 is 10.2 Å². The number of hydroxylamine groups is 1. The number of nitrogens with one attached hydrogen (secondary N) is 4. The summed E-state index contributed by atoms with van der Waals surface area (Å²) in [6.45, 7) is 6.82. The molecule has 3 aromatic rings. The Labute approximate surface area is 241 Å². The number of hydrogen-bond acceptors (Lipinski definition) is 6. The van der Waals surface area contributed by atoms with E-state index in [4.69, 9.17) is 16.4 Å². The van der Waals surface area contributed by atoms with Gasteiger partial charge in [-0.05, 0) is 81.5 Å². The Morgan fingerprint density at radius 3 is 2.41 bits per heavy atom. The summed E-state index contributed by atoms with van der Waals surface area (Å²) < 4.78 is 75.1. The van der Waals surface area contributed by atoms with Gasteiger partial charge in [0.05, 0.1) is 27.6 Å². The number of pyridine rings is 1. The van der Waals surface area contributed by atoms with E-state index in [1.54, 1.807) is 45.9 Å². The van der Waals surface area contributed by atoms with Crippen LogP contribution in [-0.4, -0.2) is 31.0 Å². The number of carbonyl (C=O) groups excluding carboxylic acids is 1. The van der Waals surface area contributed by atoms with Gasteiger partial charge in [-0.3, -0.25) is 14.4 Å². The van der Waals surface area contributed by atoms with Crippen LogP contribution in [0.5, 0.6) is 0 Å². The molecule has 220 valence electrons. The lowest BCUT2D eigenvalue weighted by Gasteiger charge is -2.21. The van der Waals surface area contributed by atoms with Crippen molar-refractivity contribution in [3.63, 3.8) is 0 Å². The molecule has 4 rings (SSSR count). The molecule has 0 atom stereocenters. The van der Waals surface area contributed by atoms with E-state index in [0.717, 1.165) is 17.8 Å². The third-order valence-corrected chi connectivity index (χ3v) is 7.26. The van der Waals surface area contributed by atoms with Gasteiger partial charge in [0.2, 0.25) is 0 Å². The first-order chi connectivity index (χ1) is 19.1. The molecule has 1 aliphatic carbocycles. The Morgan fingerprint density at radius 2 is 1.78 bits per heavy atom. The maximum absolute atomic E-state index is 15.6. The number of amides is 1. The quantitative estimate of drug-likeness (QED) is 0.219. The molecule has 0 aliphatic heterocycles. The van der Waals surface area contributed by atoms with Crippen LogP contribution in [0.3, 0.4) is 0 Å². The zero-order chi connectivity index (χ0) is 30.1. The monoisotopic (exact) mass is 611 g/mol. The van der Waals surface area contributed by atoms with E-state index in [2.05, 4.69) is 20.5 Å². The van der Waals surface area contributed by atoms with Gasteiger partial charge in [-0.15, -0.1) is 0 Å². The molecule has 0 bridgehead atoms. The second kappa shape index (κ2) is 11.8. The number of aryl methyl sites for hydroxylation is 1. The van der Waals surface area contributed by atoms with E-state index in [9.17, 15) is 13.2 Å². The Hall–Kier alpha value is -3.39. The number of aromatic nitrogens is 1. The number of anilines is 3. The lowest BCUT2D eigenvalue weighted by atomic mass is 9.99. The molecule has 1 aromatic heterocycles. The summed E-state index contributed by atoms with van der Waals surface area (Å²) in [7, 11) is -4.10. The van der Waals surface area contributed by atoms with Crippen molar-refractivity contribution in [2.45, 2.75) is 58.6 Å². The van der Waals surface area contributed by atoms with E-state index in [-0.39, 0.29) is 33.4 Å². The fourth-order valence-corrected chi connectivity index (χ4v) is 5.11. The smallest absolute Gasteiger partial charge is 0.300 e. The number of halogens is 4. The first-order valence-corrected chi connectivity index (χ1v) is 14.5. The Morgan fingerprint density at radius 1 is 1.07 bits per heavy atom. The average Bonchev–Trinajstić information content (AvgIpc) is 3.68. The van der Waals surface area contributed by atoms with Crippen LogP contribution in [0.4, 0.5) is 30.4 Å². The van der Waals surface area contributed by atoms with Gasteiger partial charge in [-0.2, -0.15) is 13.1 Å². The number of nitrogens with zero attached hydrogens (tertiary/aromatic N) is 1. The summed E-state index contributed by atoms with van der Waals surface area (Å²) >= 11 is 6.27. The van der Waals surface area contributed by atoms with Crippen LogP contribution in [0.25, 0.3) is 0 Å². The molecular formula is C27H29ClF3N5O4S.